The van der Waals surface area contributed by atoms with E-state index in [1.807, 2.05) is 4.90 Å². The number of nitrogens with zero attached hydrogens (tertiary/aromatic N) is 1. The van der Waals surface area contributed by atoms with Gasteiger partial charge in [-0.25, -0.2) is 0 Å². The molecule has 1 rings (SSSR count). The Morgan fingerprint density at radius 3 is 2.40 bits per heavy atom. The first kappa shape index (κ1) is 7.60. The van der Waals surface area contributed by atoms with E-state index in [1.54, 1.807) is 7.85 Å². The quantitative estimate of drug-likeness (QED) is 0.446. The predicted octanol–water partition coefficient (Wildman–Crippen LogP) is -0.837. The van der Waals surface area contributed by atoms with Gasteiger partial charge >= 0.3 is 0 Å². The van der Waals surface area contributed by atoms with Gasteiger partial charge in [0.25, 0.3) is 0 Å². The molecule has 1 saturated heterocycles. The van der Waals surface area contributed by atoms with Gasteiger partial charge in [0.1, 0.15) is 0 Å². The van der Waals surface area contributed by atoms with Crippen molar-refractivity contribution < 1.29 is 4.79 Å². The summed E-state index contributed by atoms with van der Waals surface area (Å²) >= 11 is 0. The molecule has 0 atom stereocenters. The predicted molar refractivity (Wildman–Crippen MR) is 42.7 cm³/mol. The Hall–Kier alpha value is -0.505. The molecule has 0 bridgehead atoms. The van der Waals surface area contributed by atoms with Crippen LogP contribution in [0.15, 0.2) is 0 Å². The molecule has 0 spiro atoms. The molecule has 56 valence electrons. The number of carbonyl (C=O) groups excluding carboxylic acids is 1. The first-order valence-corrected chi connectivity index (χ1v) is 3.71. The van der Waals surface area contributed by atoms with Crippen LogP contribution in [0.5, 0.6) is 0 Å². The largest absolute Gasteiger partial charge is 0.352 e. The summed E-state index contributed by atoms with van der Waals surface area (Å²) in [7, 11) is 1.61. The number of likely N-dealkylation sites (tertiary alicyclic amines) is 1. The summed E-state index contributed by atoms with van der Waals surface area (Å²) < 4.78 is 0. The lowest BCUT2D eigenvalue weighted by molar-refractivity contribution is 0.204. The number of rotatable bonds is 0. The SMILES string of the molecule is BC(=O)N1CCC(N)CC1. The molecule has 0 radical (unpaired) electrons. The van der Waals surface area contributed by atoms with Gasteiger partial charge in [-0.3, -0.25) is 4.79 Å². The fourth-order valence-electron chi connectivity index (χ4n) is 1.21. The molecule has 0 aromatic rings. The summed E-state index contributed by atoms with van der Waals surface area (Å²) in [5, 5.41) is 0. The van der Waals surface area contributed by atoms with E-state index >= 15 is 0 Å². The first-order valence-electron chi connectivity index (χ1n) is 3.71. The van der Waals surface area contributed by atoms with Crippen molar-refractivity contribution in [1.29, 1.82) is 0 Å². The molecule has 0 saturated carbocycles. The molecule has 10 heavy (non-hydrogen) atoms. The fraction of sp³-hybridized carbons (Fsp3) is 0.833. The van der Waals surface area contributed by atoms with E-state index in [2.05, 4.69) is 0 Å². The molecule has 1 fully saturated rings. The molecule has 1 heterocycles. The van der Waals surface area contributed by atoms with Crippen molar-refractivity contribution in [3.8, 4) is 0 Å². The highest BCUT2D eigenvalue weighted by Gasteiger charge is 2.16. The lowest BCUT2D eigenvalue weighted by Crippen LogP contribution is -2.42. The van der Waals surface area contributed by atoms with Gasteiger partial charge in [-0.2, -0.15) is 0 Å². The summed E-state index contributed by atoms with van der Waals surface area (Å²) in [6, 6.07) is 0.315. The van der Waals surface area contributed by atoms with Crippen molar-refractivity contribution in [2.75, 3.05) is 13.1 Å². The average molecular weight is 140 g/mol. The smallest absolute Gasteiger partial charge is 0.215 e. The van der Waals surface area contributed by atoms with Gasteiger partial charge in [0.05, 0.1) is 0 Å². The van der Waals surface area contributed by atoms with Gasteiger partial charge in [0.15, 0.2) is 5.81 Å². The van der Waals surface area contributed by atoms with Gasteiger partial charge in [-0.05, 0) is 12.8 Å². The molecule has 1 aliphatic heterocycles. The second-order valence-electron chi connectivity index (χ2n) is 2.84. The highest BCUT2D eigenvalue weighted by molar-refractivity contribution is 6.56. The molecule has 0 unspecified atom stereocenters. The summed E-state index contributed by atoms with van der Waals surface area (Å²) in [6.07, 6.45) is 1.92. The van der Waals surface area contributed by atoms with Crippen LogP contribution in [-0.2, 0) is 0 Å². The van der Waals surface area contributed by atoms with E-state index in [0.29, 0.717) is 6.04 Å². The van der Waals surface area contributed by atoms with E-state index < -0.39 is 0 Å². The van der Waals surface area contributed by atoms with Crippen LogP contribution in [0.1, 0.15) is 12.8 Å². The second kappa shape index (κ2) is 3.06. The van der Waals surface area contributed by atoms with Crippen molar-refractivity contribution in [3.05, 3.63) is 0 Å². The van der Waals surface area contributed by atoms with Crippen LogP contribution in [0.4, 0.5) is 4.79 Å². The van der Waals surface area contributed by atoms with Gasteiger partial charge in [0.2, 0.25) is 7.85 Å². The zero-order chi connectivity index (χ0) is 7.56. The van der Waals surface area contributed by atoms with Gasteiger partial charge in [-0.15, -0.1) is 0 Å². The highest BCUT2D eigenvalue weighted by atomic mass is 16.1. The third-order valence-electron chi connectivity index (χ3n) is 1.98. The van der Waals surface area contributed by atoms with Crippen LogP contribution in [0, 0.1) is 0 Å². The number of piperidine rings is 1. The van der Waals surface area contributed by atoms with Crippen LogP contribution < -0.4 is 5.73 Å². The van der Waals surface area contributed by atoms with Crippen molar-refractivity contribution in [2.24, 2.45) is 5.73 Å². The van der Waals surface area contributed by atoms with Crippen LogP contribution >= 0.6 is 0 Å². The Kier molecular flexibility index (Phi) is 2.32. The average Bonchev–Trinajstić information content (AvgIpc) is 1.88. The maximum absolute atomic E-state index is 10.8. The van der Waals surface area contributed by atoms with E-state index in [4.69, 9.17) is 5.73 Å². The third kappa shape index (κ3) is 1.74. The third-order valence-corrected chi connectivity index (χ3v) is 1.98. The molecule has 0 aromatic heterocycles. The van der Waals surface area contributed by atoms with Crippen molar-refractivity contribution in [1.82, 2.24) is 4.90 Å². The second-order valence-corrected chi connectivity index (χ2v) is 2.84. The monoisotopic (exact) mass is 140 g/mol. The molecule has 1 amide bonds. The number of hydrogen-bond donors (Lipinski definition) is 1. The summed E-state index contributed by atoms with van der Waals surface area (Å²) in [4.78, 5) is 12.6. The zero-order valence-corrected chi connectivity index (χ0v) is 6.34. The molecule has 3 nitrogen and oxygen atoms in total. The lowest BCUT2D eigenvalue weighted by atomic mass is 10.0. The van der Waals surface area contributed by atoms with Crippen LogP contribution in [0.3, 0.4) is 0 Å². The highest BCUT2D eigenvalue weighted by Crippen LogP contribution is 2.07. The number of nitrogens with two attached hydrogens (primary N) is 1. The zero-order valence-electron chi connectivity index (χ0n) is 6.34. The number of amides is 1. The summed E-state index contributed by atoms with van der Waals surface area (Å²) in [5.74, 6) is 0.173. The van der Waals surface area contributed by atoms with Crippen molar-refractivity contribution >= 4 is 13.7 Å². The molecule has 0 aliphatic carbocycles. The van der Waals surface area contributed by atoms with E-state index in [-0.39, 0.29) is 5.81 Å². The Balaban J connectivity index is 2.33. The summed E-state index contributed by atoms with van der Waals surface area (Å²) in [6.45, 7) is 1.69. The standard InChI is InChI=1S/C6H13BN2O/c7-6(10)9-3-1-5(8)2-4-9/h5H,1-4,7-8H2. The fourth-order valence-corrected chi connectivity index (χ4v) is 1.21. The topological polar surface area (TPSA) is 46.3 Å². The Morgan fingerprint density at radius 2 is 2.00 bits per heavy atom. The first-order chi connectivity index (χ1) is 4.70. The van der Waals surface area contributed by atoms with Crippen molar-refractivity contribution in [3.63, 3.8) is 0 Å². The minimum Gasteiger partial charge on any atom is -0.352 e. The molecule has 2 N–H and O–H groups in total. The van der Waals surface area contributed by atoms with E-state index in [0.717, 1.165) is 25.9 Å². The van der Waals surface area contributed by atoms with Crippen LogP contribution in [0.2, 0.25) is 0 Å². The van der Waals surface area contributed by atoms with Crippen LogP contribution in [0.25, 0.3) is 0 Å². The van der Waals surface area contributed by atoms with E-state index in [1.165, 1.54) is 0 Å². The Labute approximate surface area is 62.0 Å². The maximum Gasteiger partial charge on any atom is 0.215 e. The Morgan fingerprint density at radius 1 is 1.50 bits per heavy atom. The van der Waals surface area contributed by atoms with Crippen molar-refractivity contribution in [2.45, 2.75) is 18.9 Å². The normalized spacial score (nSPS) is 21.1. The van der Waals surface area contributed by atoms with Gasteiger partial charge in [0, 0.05) is 19.1 Å². The minimum absolute atomic E-state index is 0.173. The molecule has 4 heteroatoms. The maximum atomic E-state index is 10.8. The summed E-state index contributed by atoms with van der Waals surface area (Å²) in [5.41, 5.74) is 5.66. The number of hydrogen-bond acceptors (Lipinski definition) is 2. The molecular weight excluding hydrogens is 127 g/mol. The lowest BCUT2D eigenvalue weighted by Gasteiger charge is -2.29. The molecule has 1 aliphatic rings. The minimum atomic E-state index is 0.173. The van der Waals surface area contributed by atoms with E-state index in [9.17, 15) is 4.79 Å². The van der Waals surface area contributed by atoms with Crippen LogP contribution in [-0.4, -0.2) is 37.7 Å². The van der Waals surface area contributed by atoms with Gasteiger partial charge < -0.3 is 10.6 Å². The molecule has 0 aromatic carbocycles. The number of carbonyl (C=O) groups is 1. The molecular formula is C6H13BN2O. The van der Waals surface area contributed by atoms with Gasteiger partial charge in [-0.1, -0.05) is 0 Å². The Bertz CT molecular complexity index is 132.